The smallest absolute Gasteiger partial charge is 0.239 e. The van der Waals surface area contributed by atoms with Gasteiger partial charge in [-0.15, -0.1) is 5.10 Å². The van der Waals surface area contributed by atoms with Crippen LogP contribution in [-0.2, 0) is 16.4 Å². The van der Waals surface area contributed by atoms with Gasteiger partial charge in [0.2, 0.25) is 16.0 Å². The summed E-state index contributed by atoms with van der Waals surface area (Å²) in [4.78, 5) is 3.97. The van der Waals surface area contributed by atoms with Crippen molar-refractivity contribution in [1.29, 1.82) is 0 Å². The number of aromatic nitrogens is 3. The fourth-order valence-corrected chi connectivity index (χ4v) is 1.99. The number of hydrogen-bond acceptors (Lipinski definition) is 6. The summed E-state index contributed by atoms with van der Waals surface area (Å²) in [7, 11) is -3.12. The van der Waals surface area contributed by atoms with E-state index in [2.05, 4.69) is 25.2 Å². The van der Waals surface area contributed by atoms with Crippen LogP contribution in [-0.4, -0.2) is 48.5 Å². The van der Waals surface area contributed by atoms with Crippen LogP contribution in [0.1, 0.15) is 19.7 Å². The van der Waals surface area contributed by atoms with Crippen LogP contribution in [0.25, 0.3) is 0 Å². The van der Waals surface area contributed by atoms with Crippen molar-refractivity contribution in [3.8, 4) is 0 Å². The molecule has 0 aromatic carbocycles. The number of hydrogen-bond donors (Lipinski definition) is 4. The van der Waals surface area contributed by atoms with Crippen LogP contribution < -0.4 is 15.8 Å². The van der Waals surface area contributed by atoms with E-state index in [1.165, 1.54) is 0 Å². The number of nitrogens with two attached hydrogens (primary N) is 1. The molecule has 0 amide bonds. The highest BCUT2D eigenvalue weighted by Crippen LogP contribution is 1.93. The summed E-state index contributed by atoms with van der Waals surface area (Å²) in [6, 6.07) is 0.0478. The van der Waals surface area contributed by atoms with Gasteiger partial charge in [0.25, 0.3) is 0 Å². The lowest BCUT2D eigenvalue weighted by Crippen LogP contribution is -2.40. The van der Waals surface area contributed by atoms with E-state index < -0.39 is 10.0 Å². The number of rotatable bonds is 8. The average molecular weight is 276 g/mol. The number of nitrogens with zero attached hydrogens (tertiary/aromatic N) is 2. The molecule has 0 aliphatic heterocycles. The Labute approximate surface area is 107 Å². The molecule has 9 heteroatoms. The zero-order chi connectivity index (χ0) is 13.6. The minimum Gasteiger partial charge on any atom is -0.367 e. The van der Waals surface area contributed by atoms with Gasteiger partial charge in [-0.3, -0.25) is 5.10 Å². The molecule has 104 valence electrons. The number of anilines is 1. The molecule has 5 N–H and O–H groups in total. The Hall–Kier alpha value is -1.19. The minimum atomic E-state index is -3.12. The highest BCUT2D eigenvalue weighted by Gasteiger charge is 2.09. The molecule has 1 atom stereocenters. The predicted octanol–water partition coefficient (Wildman–Crippen LogP) is -1.15. The Bertz CT molecular complexity index is 457. The van der Waals surface area contributed by atoms with Crippen molar-refractivity contribution >= 4 is 16.0 Å². The van der Waals surface area contributed by atoms with Crippen LogP contribution in [0.3, 0.4) is 0 Å². The van der Waals surface area contributed by atoms with Crippen molar-refractivity contribution in [3.05, 3.63) is 5.82 Å². The lowest BCUT2D eigenvalue weighted by molar-refractivity contribution is 0.524. The Morgan fingerprint density at radius 1 is 1.50 bits per heavy atom. The molecule has 8 nitrogen and oxygen atoms in total. The molecule has 0 saturated heterocycles. The zero-order valence-electron chi connectivity index (χ0n) is 10.6. The molecule has 0 aliphatic rings. The quantitative estimate of drug-likeness (QED) is 0.475. The predicted molar refractivity (Wildman–Crippen MR) is 69.4 cm³/mol. The maximum Gasteiger partial charge on any atom is 0.239 e. The summed E-state index contributed by atoms with van der Waals surface area (Å²) in [5.41, 5.74) is 5.37. The summed E-state index contributed by atoms with van der Waals surface area (Å²) >= 11 is 0. The van der Waals surface area contributed by atoms with E-state index in [1.54, 1.807) is 6.92 Å². The fourth-order valence-electron chi connectivity index (χ4n) is 1.29. The average Bonchev–Trinajstić information content (AvgIpc) is 2.73. The van der Waals surface area contributed by atoms with Crippen LogP contribution in [0.5, 0.6) is 0 Å². The Kier molecular flexibility index (Phi) is 5.51. The van der Waals surface area contributed by atoms with E-state index >= 15 is 0 Å². The highest BCUT2D eigenvalue weighted by molar-refractivity contribution is 7.89. The van der Waals surface area contributed by atoms with Crippen LogP contribution in [0, 0.1) is 0 Å². The number of H-pyrrole nitrogens is 1. The monoisotopic (exact) mass is 276 g/mol. The van der Waals surface area contributed by atoms with Gasteiger partial charge in [-0.2, -0.15) is 4.98 Å². The number of nitrogen functional groups attached to an aromatic ring is 1. The van der Waals surface area contributed by atoms with Crippen molar-refractivity contribution in [2.45, 2.75) is 26.3 Å². The van der Waals surface area contributed by atoms with E-state index in [-0.39, 0.29) is 17.7 Å². The molecule has 1 rings (SSSR count). The van der Waals surface area contributed by atoms with Crippen molar-refractivity contribution in [1.82, 2.24) is 25.2 Å². The van der Waals surface area contributed by atoms with Crippen LogP contribution in [0.15, 0.2) is 0 Å². The van der Waals surface area contributed by atoms with Crippen molar-refractivity contribution in [3.63, 3.8) is 0 Å². The van der Waals surface area contributed by atoms with Crippen molar-refractivity contribution < 1.29 is 8.42 Å². The molecule has 1 aromatic heterocycles. The van der Waals surface area contributed by atoms with E-state index in [4.69, 9.17) is 5.73 Å². The standard InChI is InChI=1S/C9H20N6O2S/c1-3-18(16,17)12-6-7(2)11-5-4-8-13-9(10)15-14-8/h7,11-12H,3-6H2,1-2H3,(H3,10,13,14,15)/t7-/m0/s1. The van der Waals surface area contributed by atoms with E-state index in [1.807, 2.05) is 6.92 Å². The number of aromatic amines is 1. The number of nitrogens with one attached hydrogen (secondary N) is 3. The molecular weight excluding hydrogens is 256 g/mol. The second-order valence-corrected chi connectivity index (χ2v) is 6.09. The first-order chi connectivity index (χ1) is 8.43. The van der Waals surface area contributed by atoms with Gasteiger partial charge >= 0.3 is 0 Å². The van der Waals surface area contributed by atoms with Crippen LogP contribution in [0.2, 0.25) is 0 Å². The minimum absolute atomic E-state index is 0.0478. The Balaban J connectivity index is 2.19. The van der Waals surface area contributed by atoms with Gasteiger partial charge in [0.1, 0.15) is 5.82 Å². The molecule has 0 aliphatic carbocycles. The lowest BCUT2D eigenvalue weighted by Gasteiger charge is -2.13. The molecule has 0 fully saturated rings. The topological polar surface area (TPSA) is 126 Å². The number of sulfonamides is 1. The molecule has 0 radical (unpaired) electrons. The van der Waals surface area contributed by atoms with Gasteiger partial charge in [-0.1, -0.05) is 0 Å². The summed E-state index contributed by atoms with van der Waals surface area (Å²) in [5.74, 6) is 1.03. The van der Waals surface area contributed by atoms with Crippen LogP contribution in [0.4, 0.5) is 5.95 Å². The third-order valence-electron chi connectivity index (χ3n) is 2.39. The lowest BCUT2D eigenvalue weighted by atomic mass is 10.3. The first kappa shape index (κ1) is 14.9. The van der Waals surface area contributed by atoms with Gasteiger partial charge in [0, 0.05) is 25.6 Å². The molecular formula is C9H20N6O2S. The van der Waals surface area contributed by atoms with Crippen LogP contribution >= 0.6 is 0 Å². The SMILES string of the molecule is CCS(=O)(=O)NC[C@H](C)NCCc1nc(N)n[nH]1. The molecule has 0 bridgehead atoms. The molecule has 0 unspecified atom stereocenters. The second-order valence-electron chi connectivity index (χ2n) is 4.00. The largest absolute Gasteiger partial charge is 0.367 e. The Morgan fingerprint density at radius 2 is 2.22 bits per heavy atom. The van der Waals surface area contributed by atoms with Gasteiger partial charge in [0.05, 0.1) is 5.75 Å². The van der Waals surface area contributed by atoms with E-state index in [9.17, 15) is 8.42 Å². The molecule has 1 aromatic rings. The second kappa shape index (κ2) is 6.66. The van der Waals surface area contributed by atoms with Gasteiger partial charge in [-0.25, -0.2) is 13.1 Å². The summed E-state index contributed by atoms with van der Waals surface area (Å²) < 4.78 is 25.0. The highest BCUT2D eigenvalue weighted by atomic mass is 32.2. The fraction of sp³-hybridized carbons (Fsp3) is 0.778. The summed E-state index contributed by atoms with van der Waals surface area (Å²) in [6.07, 6.45) is 0.662. The first-order valence-electron chi connectivity index (χ1n) is 5.80. The van der Waals surface area contributed by atoms with E-state index in [0.29, 0.717) is 25.3 Å². The third kappa shape index (κ3) is 5.43. The summed E-state index contributed by atoms with van der Waals surface area (Å²) in [6.45, 7) is 4.56. The Morgan fingerprint density at radius 3 is 2.78 bits per heavy atom. The maximum atomic E-state index is 11.2. The molecule has 18 heavy (non-hydrogen) atoms. The zero-order valence-corrected chi connectivity index (χ0v) is 11.4. The van der Waals surface area contributed by atoms with Crippen molar-refractivity contribution in [2.24, 2.45) is 0 Å². The molecule has 0 saturated carbocycles. The first-order valence-corrected chi connectivity index (χ1v) is 7.45. The van der Waals surface area contributed by atoms with E-state index in [0.717, 1.165) is 0 Å². The van der Waals surface area contributed by atoms with Crippen molar-refractivity contribution in [2.75, 3.05) is 24.6 Å². The maximum absolute atomic E-state index is 11.2. The molecule has 1 heterocycles. The third-order valence-corrected chi connectivity index (χ3v) is 3.76. The normalized spacial score (nSPS) is 13.7. The summed E-state index contributed by atoms with van der Waals surface area (Å²) in [5, 5.41) is 9.60. The van der Waals surface area contributed by atoms with Gasteiger partial charge < -0.3 is 11.1 Å². The van der Waals surface area contributed by atoms with Gasteiger partial charge in [0.15, 0.2) is 0 Å². The molecule has 0 spiro atoms. The van der Waals surface area contributed by atoms with Gasteiger partial charge in [-0.05, 0) is 13.8 Å².